The molecule has 0 aliphatic carbocycles. The van der Waals surface area contributed by atoms with E-state index in [4.69, 9.17) is 0 Å². The molecule has 0 amide bonds. The van der Waals surface area contributed by atoms with Crippen LogP contribution < -0.4 is 4.46 Å². The van der Waals surface area contributed by atoms with Gasteiger partial charge in [0.15, 0.2) is 0 Å². The maximum atomic E-state index is 11.3. The van der Waals surface area contributed by atoms with Crippen molar-refractivity contribution in [3.8, 4) is 10.7 Å². The first-order valence-electron chi connectivity index (χ1n) is 7.36. The second-order valence-corrected chi connectivity index (χ2v) is 6.93. The predicted octanol–water partition coefficient (Wildman–Crippen LogP) is 2.91. The summed E-state index contributed by atoms with van der Waals surface area (Å²) in [6, 6.07) is 29.4. The standard InChI is InChI=1S/C21H16OSe/c22-21(18-10-4-1-5-11-18,19-12-6-2-7-13-19)16-17-23-20-14-8-3-9-15-20/h1-15,22H. The fourth-order valence-corrected chi connectivity index (χ4v) is 3.60. The summed E-state index contributed by atoms with van der Waals surface area (Å²) in [5.74, 6) is 3.11. The van der Waals surface area contributed by atoms with Gasteiger partial charge in [-0.15, -0.1) is 0 Å². The summed E-state index contributed by atoms with van der Waals surface area (Å²) < 4.78 is 1.20. The van der Waals surface area contributed by atoms with Crippen LogP contribution in [-0.2, 0) is 5.60 Å². The minimum absolute atomic E-state index is 0.0127. The molecule has 0 atom stereocenters. The summed E-state index contributed by atoms with van der Waals surface area (Å²) in [5.41, 5.74) is 0.309. The molecule has 0 bridgehead atoms. The van der Waals surface area contributed by atoms with Crippen molar-refractivity contribution in [1.29, 1.82) is 0 Å². The van der Waals surface area contributed by atoms with E-state index in [1.54, 1.807) is 0 Å². The zero-order valence-electron chi connectivity index (χ0n) is 12.5. The van der Waals surface area contributed by atoms with Crippen LogP contribution in [0.4, 0.5) is 0 Å². The maximum absolute atomic E-state index is 11.3. The summed E-state index contributed by atoms with van der Waals surface area (Å²) >= 11 is 0.0127. The Hall–Kier alpha value is -2.30. The van der Waals surface area contributed by atoms with E-state index in [-0.39, 0.29) is 15.0 Å². The topological polar surface area (TPSA) is 20.2 Å². The number of hydrogen-bond acceptors (Lipinski definition) is 1. The van der Waals surface area contributed by atoms with E-state index < -0.39 is 5.60 Å². The molecule has 0 fully saturated rings. The minimum atomic E-state index is -1.28. The van der Waals surface area contributed by atoms with Gasteiger partial charge in [0, 0.05) is 0 Å². The summed E-state index contributed by atoms with van der Waals surface area (Å²) in [6.45, 7) is 0. The third kappa shape index (κ3) is 3.73. The Morgan fingerprint density at radius 3 is 1.57 bits per heavy atom. The van der Waals surface area contributed by atoms with Gasteiger partial charge in [0.25, 0.3) is 0 Å². The van der Waals surface area contributed by atoms with E-state index in [0.29, 0.717) is 0 Å². The molecule has 3 aromatic carbocycles. The van der Waals surface area contributed by atoms with Gasteiger partial charge in [0.1, 0.15) is 0 Å². The van der Waals surface area contributed by atoms with Crippen LogP contribution in [0.25, 0.3) is 0 Å². The van der Waals surface area contributed by atoms with Crippen molar-refractivity contribution >= 4 is 19.4 Å². The molecule has 0 aromatic heterocycles. The van der Waals surface area contributed by atoms with Gasteiger partial charge in [0.05, 0.1) is 0 Å². The summed E-state index contributed by atoms with van der Waals surface area (Å²) in [7, 11) is 0. The van der Waals surface area contributed by atoms with Crippen molar-refractivity contribution in [3.05, 3.63) is 102 Å². The Bertz CT molecular complexity index is 762. The molecule has 0 aliphatic rings. The van der Waals surface area contributed by atoms with Crippen LogP contribution >= 0.6 is 0 Å². The Morgan fingerprint density at radius 2 is 1.09 bits per heavy atom. The van der Waals surface area contributed by atoms with Gasteiger partial charge in [-0.2, -0.15) is 0 Å². The molecule has 3 rings (SSSR count). The van der Waals surface area contributed by atoms with E-state index >= 15 is 0 Å². The first kappa shape index (κ1) is 15.6. The summed E-state index contributed by atoms with van der Waals surface area (Å²) in [6.07, 6.45) is 0. The third-order valence-electron chi connectivity index (χ3n) is 3.53. The van der Waals surface area contributed by atoms with Crippen LogP contribution in [0.2, 0.25) is 0 Å². The first-order valence-corrected chi connectivity index (χ1v) is 9.08. The molecule has 112 valence electrons. The molecule has 1 N–H and O–H groups in total. The second kappa shape index (κ2) is 7.31. The van der Waals surface area contributed by atoms with E-state index in [9.17, 15) is 5.11 Å². The zero-order valence-corrected chi connectivity index (χ0v) is 14.2. The zero-order chi connectivity index (χ0) is 16.0. The average Bonchev–Trinajstić information content (AvgIpc) is 2.64. The van der Waals surface area contributed by atoms with Gasteiger partial charge < -0.3 is 0 Å². The van der Waals surface area contributed by atoms with Gasteiger partial charge in [-0.25, -0.2) is 0 Å². The number of benzene rings is 3. The quantitative estimate of drug-likeness (QED) is 0.561. The molecular weight excluding hydrogens is 347 g/mol. The van der Waals surface area contributed by atoms with E-state index in [2.05, 4.69) is 22.9 Å². The van der Waals surface area contributed by atoms with E-state index in [0.717, 1.165) is 11.1 Å². The molecule has 3 aromatic rings. The van der Waals surface area contributed by atoms with Gasteiger partial charge >= 0.3 is 143 Å². The van der Waals surface area contributed by atoms with Crippen LogP contribution in [0.3, 0.4) is 0 Å². The normalized spacial score (nSPS) is 10.7. The fraction of sp³-hybridized carbons (Fsp3) is 0.0476. The number of aliphatic hydroxyl groups is 1. The van der Waals surface area contributed by atoms with Gasteiger partial charge in [-0.1, -0.05) is 0 Å². The number of hydrogen-bond donors (Lipinski definition) is 1. The van der Waals surface area contributed by atoms with Gasteiger partial charge in [-0.3, -0.25) is 0 Å². The van der Waals surface area contributed by atoms with Crippen molar-refractivity contribution < 1.29 is 5.11 Å². The summed E-state index contributed by atoms with van der Waals surface area (Å²) in [4.78, 5) is 3.20. The summed E-state index contributed by atoms with van der Waals surface area (Å²) in [5, 5.41) is 11.3. The van der Waals surface area contributed by atoms with Crippen LogP contribution in [-0.4, -0.2) is 20.1 Å². The van der Waals surface area contributed by atoms with Crippen LogP contribution in [0.15, 0.2) is 91.0 Å². The van der Waals surface area contributed by atoms with Crippen LogP contribution in [0.1, 0.15) is 11.1 Å². The molecule has 1 nitrogen and oxygen atoms in total. The molecular formula is C21H16OSe. The second-order valence-electron chi connectivity index (χ2n) is 5.08. The van der Waals surface area contributed by atoms with Crippen LogP contribution in [0.5, 0.6) is 0 Å². The van der Waals surface area contributed by atoms with Crippen molar-refractivity contribution in [2.75, 3.05) is 0 Å². The molecule has 0 spiro atoms. The molecule has 0 heterocycles. The Balaban J connectivity index is 1.97. The van der Waals surface area contributed by atoms with Crippen molar-refractivity contribution in [3.63, 3.8) is 0 Å². The molecule has 0 unspecified atom stereocenters. The molecule has 23 heavy (non-hydrogen) atoms. The van der Waals surface area contributed by atoms with Crippen molar-refractivity contribution in [1.82, 2.24) is 0 Å². The predicted molar refractivity (Wildman–Crippen MR) is 95.5 cm³/mol. The molecule has 0 saturated carbocycles. The third-order valence-corrected chi connectivity index (χ3v) is 5.02. The van der Waals surface area contributed by atoms with Gasteiger partial charge in [0.2, 0.25) is 0 Å². The fourth-order valence-electron chi connectivity index (χ4n) is 2.32. The van der Waals surface area contributed by atoms with E-state index in [1.807, 2.05) is 78.9 Å². The van der Waals surface area contributed by atoms with Gasteiger partial charge in [-0.05, 0) is 0 Å². The number of rotatable bonds is 3. The van der Waals surface area contributed by atoms with Crippen LogP contribution in [0, 0.1) is 10.7 Å². The molecule has 0 aliphatic heterocycles. The molecule has 0 saturated heterocycles. The SMILES string of the molecule is OC(C#C[Se]c1ccccc1)(c1ccccc1)c1ccccc1. The Morgan fingerprint density at radius 1 is 0.652 bits per heavy atom. The molecule has 0 radical (unpaired) electrons. The van der Waals surface area contributed by atoms with E-state index in [1.165, 1.54) is 4.46 Å². The Kier molecular flexibility index (Phi) is 4.95. The first-order chi connectivity index (χ1) is 11.3. The van der Waals surface area contributed by atoms with Crippen molar-refractivity contribution in [2.24, 2.45) is 0 Å². The van der Waals surface area contributed by atoms with Crippen molar-refractivity contribution in [2.45, 2.75) is 5.60 Å². The monoisotopic (exact) mass is 364 g/mol. The Labute approximate surface area is 143 Å². The average molecular weight is 363 g/mol. The molecule has 2 heteroatoms.